The highest BCUT2D eigenvalue weighted by Crippen LogP contribution is 2.30. The number of hydrogen-bond donors (Lipinski definition) is 2. The summed E-state index contributed by atoms with van der Waals surface area (Å²) in [7, 11) is 0. The lowest BCUT2D eigenvalue weighted by Crippen LogP contribution is -2.40. The van der Waals surface area contributed by atoms with Crippen molar-refractivity contribution in [3.63, 3.8) is 0 Å². The summed E-state index contributed by atoms with van der Waals surface area (Å²) in [4.78, 5) is 34.7. The molecule has 112 valence electrons. The zero-order valence-electron chi connectivity index (χ0n) is 10.6. The number of aliphatic hydroxyl groups excluding tert-OH is 1. The topological polar surface area (TPSA) is 121 Å². The number of hydrogen-bond acceptors (Lipinski definition) is 5. The van der Waals surface area contributed by atoms with Crippen LogP contribution in [0.4, 0.5) is 5.69 Å². The third-order valence-electron chi connectivity index (χ3n) is 3.23. The fourth-order valence-corrected chi connectivity index (χ4v) is 2.54. The van der Waals surface area contributed by atoms with Gasteiger partial charge in [-0.05, 0) is 6.07 Å². The molecule has 1 aromatic carbocycles. The van der Waals surface area contributed by atoms with Crippen LogP contribution in [0.5, 0.6) is 0 Å². The fourth-order valence-electron chi connectivity index (χ4n) is 2.29. The highest BCUT2D eigenvalue weighted by molar-refractivity contribution is 6.34. The first-order valence-electron chi connectivity index (χ1n) is 5.97. The van der Waals surface area contributed by atoms with Crippen LogP contribution in [0.15, 0.2) is 18.2 Å². The molecular formula is C12H11ClN2O6. The third-order valence-corrected chi connectivity index (χ3v) is 3.54. The molecule has 0 aromatic heterocycles. The van der Waals surface area contributed by atoms with Crippen LogP contribution in [0.2, 0.25) is 5.02 Å². The molecule has 1 aliphatic rings. The van der Waals surface area contributed by atoms with Crippen molar-refractivity contribution in [2.45, 2.75) is 18.6 Å². The van der Waals surface area contributed by atoms with E-state index in [-0.39, 0.29) is 23.6 Å². The molecule has 0 spiro atoms. The molecule has 2 atom stereocenters. The van der Waals surface area contributed by atoms with Crippen molar-refractivity contribution in [1.82, 2.24) is 4.90 Å². The van der Waals surface area contributed by atoms with Gasteiger partial charge in [-0.1, -0.05) is 17.7 Å². The predicted octanol–water partition coefficient (Wildman–Crippen LogP) is 0.908. The van der Waals surface area contributed by atoms with Gasteiger partial charge in [-0.2, -0.15) is 0 Å². The molecule has 8 nitrogen and oxygen atoms in total. The summed E-state index contributed by atoms with van der Waals surface area (Å²) < 4.78 is 0. The summed E-state index contributed by atoms with van der Waals surface area (Å²) in [5, 5.41) is 29.5. The molecule has 0 saturated carbocycles. The van der Waals surface area contributed by atoms with Crippen LogP contribution in [0.1, 0.15) is 16.8 Å². The minimum absolute atomic E-state index is 0.126. The molecule has 0 aliphatic carbocycles. The Morgan fingerprint density at radius 3 is 2.67 bits per heavy atom. The van der Waals surface area contributed by atoms with Crippen molar-refractivity contribution >= 4 is 29.2 Å². The number of aliphatic hydroxyl groups is 1. The van der Waals surface area contributed by atoms with E-state index in [0.29, 0.717) is 0 Å². The molecule has 1 aliphatic heterocycles. The number of carboxylic acids is 1. The summed E-state index contributed by atoms with van der Waals surface area (Å²) in [5.41, 5.74) is -0.873. The highest BCUT2D eigenvalue weighted by atomic mass is 35.5. The van der Waals surface area contributed by atoms with E-state index in [1.54, 1.807) is 0 Å². The van der Waals surface area contributed by atoms with Crippen molar-refractivity contribution in [1.29, 1.82) is 0 Å². The summed E-state index contributed by atoms with van der Waals surface area (Å²) >= 11 is 5.85. The first kappa shape index (κ1) is 15.2. The highest BCUT2D eigenvalue weighted by Gasteiger charge is 2.41. The second kappa shape index (κ2) is 5.66. The Hall–Kier alpha value is -2.19. The average molecular weight is 315 g/mol. The molecule has 1 aromatic rings. The summed E-state index contributed by atoms with van der Waals surface area (Å²) in [6.07, 6.45) is -1.11. The van der Waals surface area contributed by atoms with E-state index in [1.165, 1.54) is 12.1 Å². The maximum absolute atomic E-state index is 12.4. The first-order valence-corrected chi connectivity index (χ1v) is 6.35. The van der Waals surface area contributed by atoms with Gasteiger partial charge in [-0.25, -0.2) is 4.79 Å². The molecule has 1 amide bonds. The van der Waals surface area contributed by atoms with Gasteiger partial charge < -0.3 is 15.1 Å². The molecule has 9 heteroatoms. The lowest BCUT2D eigenvalue weighted by Gasteiger charge is -2.21. The largest absolute Gasteiger partial charge is 0.480 e. The number of β-amino-alcohol motifs (C(OH)–C–C–N with tert-alkyl or cyclic N) is 1. The molecule has 1 unspecified atom stereocenters. The molecule has 0 radical (unpaired) electrons. The second-order valence-corrected chi connectivity index (χ2v) is 5.00. The fraction of sp³-hybridized carbons (Fsp3) is 0.333. The van der Waals surface area contributed by atoms with Gasteiger partial charge in [0.2, 0.25) is 0 Å². The van der Waals surface area contributed by atoms with Crippen LogP contribution in [0.3, 0.4) is 0 Å². The van der Waals surface area contributed by atoms with Crippen molar-refractivity contribution in [2.75, 3.05) is 6.54 Å². The van der Waals surface area contributed by atoms with Gasteiger partial charge in [-0.3, -0.25) is 14.9 Å². The molecule has 1 fully saturated rings. The van der Waals surface area contributed by atoms with E-state index in [2.05, 4.69) is 0 Å². The van der Waals surface area contributed by atoms with Gasteiger partial charge in [0.05, 0.1) is 16.0 Å². The molecule has 1 saturated heterocycles. The van der Waals surface area contributed by atoms with Gasteiger partial charge >= 0.3 is 5.97 Å². The van der Waals surface area contributed by atoms with Crippen molar-refractivity contribution in [3.8, 4) is 0 Å². The number of aliphatic carboxylic acids is 1. The Balaban J connectivity index is 2.45. The number of carbonyl (C=O) groups is 2. The van der Waals surface area contributed by atoms with Gasteiger partial charge in [0.15, 0.2) is 0 Å². The summed E-state index contributed by atoms with van der Waals surface area (Å²) in [6.45, 7) is -0.210. The van der Waals surface area contributed by atoms with Crippen LogP contribution in [0, 0.1) is 10.1 Å². The maximum Gasteiger partial charge on any atom is 0.326 e. The third kappa shape index (κ3) is 2.81. The number of benzene rings is 1. The van der Waals surface area contributed by atoms with Crippen LogP contribution >= 0.6 is 11.6 Å². The normalized spacial score (nSPS) is 21.3. The van der Waals surface area contributed by atoms with Crippen LogP contribution in [0.25, 0.3) is 0 Å². The van der Waals surface area contributed by atoms with Crippen molar-refractivity contribution in [2.24, 2.45) is 0 Å². The Morgan fingerprint density at radius 2 is 2.10 bits per heavy atom. The number of likely N-dealkylation sites (tertiary alicyclic amines) is 1. The molecule has 1 heterocycles. The van der Waals surface area contributed by atoms with E-state index in [4.69, 9.17) is 16.7 Å². The zero-order valence-corrected chi connectivity index (χ0v) is 11.4. The first-order chi connectivity index (χ1) is 9.82. The van der Waals surface area contributed by atoms with Crippen molar-refractivity contribution in [3.05, 3.63) is 38.9 Å². The number of rotatable bonds is 3. The van der Waals surface area contributed by atoms with E-state index in [0.717, 1.165) is 11.0 Å². The van der Waals surface area contributed by atoms with Gasteiger partial charge in [0.25, 0.3) is 11.6 Å². The number of amides is 1. The zero-order chi connectivity index (χ0) is 15.7. The number of nitrogens with zero attached hydrogens (tertiary/aromatic N) is 2. The van der Waals surface area contributed by atoms with E-state index < -0.39 is 34.6 Å². The number of nitro benzene ring substituents is 1. The maximum atomic E-state index is 12.4. The van der Waals surface area contributed by atoms with Gasteiger partial charge in [-0.15, -0.1) is 0 Å². The Labute approximate surface area is 123 Å². The van der Waals surface area contributed by atoms with Crippen LogP contribution in [-0.4, -0.2) is 50.6 Å². The predicted molar refractivity (Wildman–Crippen MR) is 71.2 cm³/mol. The number of nitro groups is 1. The molecule has 2 N–H and O–H groups in total. The lowest BCUT2D eigenvalue weighted by atomic mass is 10.1. The monoisotopic (exact) mass is 314 g/mol. The second-order valence-electron chi connectivity index (χ2n) is 4.59. The standard InChI is InChI=1S/C12H11ClN2O6/c13-7-2-1-3-8(15(20)21)10(7)11(17)14-5-6(16)4-9(14)12(18)19/h1-3,6,9,16H,4-5H2,(H,18,19)/t6?,9-/m0/s1. The van der Waals surface area contributed by atoms with Crippen LogP contribution in [-0.2, 0) is 4.79 Å². The van der Waals surface area contributed by atoms with E-state index >= 15 is 0 Å². The number of carbonyl (C=O) groups excluding carboxylic acids is 1. The SMILES string of the molecule is O=C(O)[C@@H]1CC(O)CN1C(=O)c1c(Cl)cccc1[N+](=O)[O-]. The van der Waals surface area contributed by atoms with Gasteiger partial charge in [0, 0.05) is 19.0 Å². The van der Waals surface area contributed by atoms with Gasteiger partial charge in [0.1, 0.15) is 11.6 Å². The summed E-state index contributed by atoms with van der Waals surface area (Å²) in [6, 6.07) is 2.51. The lowest BCUT2D eigenvalue weighted by molar-refractivity contribution is -0.385. The average Bonchev–Trinajstić information content (AvgIpc) is 2.80. The molecule has 2 rings (SSSR count). The minimum Gasteiger partial charge on any atom is -0.480 e. The van der Waals surface area contributed by atoms with Crippen molar-refractivity contribution < 1.29 is 24.7 Å². The van der Waals surface area contributed by atoms with E-state index in [9.17, 15) is 24.8 Å². The molecule has 0 bridgehead atoms. The molecular weight excluding hydrogens is 304 g/mol. The van der Waals surface area contributed by atoms with Crippen LogP contribution < -0.4 is 0 Å². The Kier molecular flexibility index (Phi) is 4.10. The minimum atomic E-state index is -1.28. The summed E-state index contributed by atoms with van der Waals surface area (Å²) in [5.74, 6) is -2.16. The number of halogens is 1. The Morgan fingerprint density at radius 1 is 1.43 bits per heavy atom. The molecule has 21 heavy (non-hydrogen) atoms. The smallest absolute Gasteiger partial charge is 0.326 e. The Bertz CT molecular complexity index is 620. The number of carboxylic acid groups (broad SMARTS) is 1. The quantitative estimate of drug-likeness (QED) is 0.631. The van der Waals surface area contributed by atoms with E-state index in [1.807, 2.05) is 0 Å².